The molecule has 94 valence electrons. The summed E-state index contributed by atoms with van der Waals surface area (Å²) in [6, 6.07) is 5.65. The molecule has 1 aromatic carbocycles. The predicted octanol–water partition coefficient (Wildman–Crippen LogP) is 4.38. The molecule has 0 bridgehead atoms. The Hall–Kier alpha value is -0.350. The molecule has 0 fully saturated rings. The van der Waals surface area contributed by atoms with Gasteiger partial charge in [0, 0.05) is 15.0 Å². The van der Waals surface area contributed by atoms with Crippen molar-refractivity contribution in [2.24, 2.45) is 5.41 Å². The van der Waals surface area contributed by atoms with Crippen LogP contribution >= 0.6 is 31.9 Å². The molecular weight excluding hydrogens is 346 g/mol. The lowest BCUT2D eigenvalue weighted by atomic mass is 9.88. The molecule has 4 heteroatoms. The number of benzene rings is 1. The first-order chi connectivity index (χ1) is 7.71. The molecule has 1 aromatic rings. The van der Waals surface area contributed by atoms with Crippen molar-refractivity contribution >= 4 is 37.8 Å². The Morgan fingerprint density at radius 2 is 1.88 bits per heavy atom. The summed E-state index contributed by atoms with van der Waals surface area (Å²) < 4.78 is 1.75. The fraction of sp³-hybridized carbons (Fsp3) is 0.462. The number of hydrogen-bond donors (Lipinski definition) is 1. The first-order valence-corrected chi connectivity index (χ1v) is 7.06. The zero-order chi connectivity index (χ0) is 13.2. The Balaban J connectivity index is 2.84. The molecule has 0 aromatic heterocycles. The van der Waals surface area contributed by atoms with Crippen LogP contribution in [0.1, 0.15) is 38.1 Å². The summed E-state index contributed by atoms with van der Waals surface area (Å²) in [6.07, 6.45) is 0. The molecule has 0 saturated heterocycles. The van der Waals surface area contributed by atoms with Crippen LogP contribution in [0.3, 0.4) is 0 Å². The minimum Gasteiger partial charge on any atom is -0.349 e. The fourth-order valence-electron chi connectivity index (χ4n) is 1.16. The van der Waals surface area contributed by atoms with Crippen LogP contribution in [0.25, 0.3) is 0 Å². The van der Waals surface area contributed by atoms with Gasteiger partial charge in [0.15, 0.2) is 0 Å². The van der Waals surface area contributed by atoms with Crippen LogP contribution in [0, 0.1) is 5.41 Å². The second-order valence-corrected chi connectivity index (χ2v) is 6.96. The molecule has 17 heavy (non-hydrogen) atoms. The Morgan fingerprint density at radius 3 is 2.35 bits per heavy atom. The van der Waals surface area contributed by atoms with E-state index >= 15 is 0 Å². The molecule has 1 atom stereocenters. The molecule has 0 saturated carbocycles. The van der Waals surface area contributed by atoms with Gasteiger partial charge in [-0.15, -0.1) is 0 Å². The van der Waals surface area contributed by atoms with E-state index in [9.17, 15) is 4.79 Å². The van der Waals surface area contributed by atoms with Gasteiger partial charge < -0.3 is 5.32 Å². The van der Waals surface area contributed by atoms with Crippen LogP contribution < -0.4 is 5.32 Å². The number of carbonyl (C=O) groups is 1. The maximum Gasteiger partial charge on any atom is 0.252 e. The monoisotopic (exact) mass is 361 g/mol. The second-order valence-electron chi connectivity index (χ2n) is 5.19. The van der Waals surface area contributed by atoms with Crippen molar-refractivity contribution in [3.63, 3.8) is 0 Å². The van der Waals surface area contributed by atoms with Crippen LogP contribution in [0.2, 0.25) is 0 Å². The van der Waals surface area contributed by atoms with Crippen molar-refractivity contribution in [1.29, 1.82) is 0 Å². The van der Waals surface area contributed by atoms with Crippen LogP contribution in [0.15, 0.2) is 27.1 Å². The highest BCUT2D eigenvalue weighted by Crippen LogP contribution is 2.23. The maximum absolute atomic E-state index is 12.1. The third-order valence-electron chi connectivity index (χ3n) is 2.82. The molecule has 0 spiro atoms. The van der Waals surface area contributed by atoms with E-state index in [0.29, 0.717) is 5.56 Å². The quantitative estimate of drug-likeness (QED) is 0.831. The highest BCUT2D eigenvalue weighted by molar-refractivity contribution is 9.11. The third kappa shape index (κ3) is 4.11. The molecule has 0 aliphatic heterocycles. The SMILES string of the molecule is CC(NC(=O)c1ccc(Br)cc1Br)C(C)(C)C. The van der Waals surface area contributed by atoms with E-state index in [1.807, 2.05) is 19.1 Å². The van der Waals surface area contributed by atoms with Crippen LogP contribution in [-0.2, 0) is 0 Å². The Kier molecular flexibility index (Phi) is 4.78. The smallest absolute Gasteiger partial charge is 0.252 e. The van der Waals surface area contributed by atoms with Crippen molar-refractivity contribution in [3.8, 4) is 0 Å². The van der Waals surface area contributed by atoms with Crippen molar-refractivity contribution in [3.05, 3.63) is 32.7 Å². The van der Waals surface area contributed by atoms with Gasteiger partial charge in [0.25, 0.3) is 5.91 Å². The van der Waals surface area contributed by atoms with E-state index in [2.05, 4.69) is 57.9 Å². The van der Waals surface area contributed by atoms with Crippen LogP contribution in [0.4, 0.5) is 0 Å². The summed E-state index contributed by atoms with van der Waals surface area (Å²) in [5.41, 5.74) is 0.710. The Morgan fingerprint density at radius 1 is 1.29 bits per heavy atom. The lowest BCUT2D eigenvalue weighted by molar-refractivity contribution is 0.0909. The van der Waals surface area contributed by atoms with E-state index in [1.54, 1.807) is 6.07 Å². The maximum atomic E-state index is 12.1. The van der Waals surface area contributed by atoms with Gasteiger partial charge in [0.05, 0.1) is 5.56 Å². The number of carbonyl (C=O) groups excluding carboxylic acids is 1. The topological polar surface area (TPSA) is 29.1 Å². The minimum atomic E-state index is -0.0493. The van der Waals surface area contributed by atoms with Gasteiger partial charge in [0.2, 0.25) is 0 Å². The van der Waals surface area contributed by atoms with Gasteiger partial charge in [-0.05, 0) is 46.5 Å². The van der Waals surface area contributed by atoms with Gasteiger partial charge in [-0.1, -0.05) is 36.7 Å². The van der Waals surface area contributed by atoms with E-state index in [-0.39, 0.29) is 17.4 Å². The average Bonchev–Trinajstić information content (AvgIpc) is 2.15. The number of nitrogens with one attached hydrogen (secondary N) is 1. The molecule has 0 aliphatic rings. The molecule has 0 radical (unpaired) electrons. The molecule has 0 heterocycles. The number of amides is 1. The van der Waals surface area contributed by atoms with E-state index in [1.165, 1.54) is 0 Å². The summed E-state index contributed by atoms with van der Waals surface area (Å²) in [6.45, 7) is 8.34. The summed E-state index contributed by atoms with van der Waals surface area (Å²) in [5.74, 6) is -0.0493. The van der Waals surface area contributed by atoms with Crippen molar-refractivity contribution < 1.29 is 4.79 Å². The summed E-state index contributed by atoms with van der Waals surface area (Å²) in [4.78, 5) is 12.1. The van der Waals surface area contributed by atoms with E-state index < -0.39 is 0 Å². The number of hydrogen-bond acceptors (Lipinski definition) is 1. The fourth-order valence-corrected chi connectivity index (χ4v) is 2.39. The lowest BCUT2D eigenvalue weighted by Crippen LogP contribution is -2.41. The number of halogens is 2. The Labute approximate surface area is 119 Å². The largest absolute Gasteiger partial charge is 0.349 e. The van der Waals surface area contributed by atoms with Gasteiger partial charge in [-0.2, -0.15) is 0 Å². The van der Waals surface area contributed by atoms with Crippen molar-refractivity contribution in [2.75, 3.05) is 0 Å². The highest BCUT2D eigenvalue weighted by Gasteiger charge is 2.22. The molecule has 1 rings (SSSR count). The van der Waals surface area contributed by atoms with Gasteiger partial charge in [-0.25, -0.2) is 0 Å². The second kappa shape index (κ2) is 5.53. The molecular formula is C13H17Br2NO. The van der Waals surface area contributed by atoms with Crippen molar-refractivity contribution in [1.82, 2.24) is 5.32 Å². The Bertz CT molecular complexity index is 424. The molecule has 1 unspecified atom stereocenters. The molecule has 1 amide bonds. The molecule has 2 nitrogen and oxygen atoms in total. The zero-order valence-electron chi connectivity index (χ0n) is 10.5. The first-order valence-electron chi connectivity index (χ1n) is 5.47. The zero-order valence-corrected chi connectivity index (χ0v) is 13.6. The van der Waals surface area contributed by atoms with E-state index in [4.69, 9.17) is 0 Å². The predicted molar refractivity (Wildman–Crippen MR) is 78.2 cm³/mol. The van der Waals surface area contributed by atoms with Gasteiger partial charge >= 0.3 is 0 Å². The molecule has 1 N–H and O–H groups in total. The standard InChI is InChI=1S/C13H17Br2NO/c1-8(13(2,3)4)16-12(17)10-6-5-9(14)7-11(10)15/h5-8H,1-4H3,(H,16,17). The highest BCUT2D eigenvalue weighted by atomic mass is 79.9. The summed E-state index contributed by atoms with van der Waals surface area (Å²) in [7, 11) is 0. The first kappa shape index (κ1) is 14.7. The van der Waals surface area contributed by atoms with E-state index in [0.717, 1.165) is 8.95 Å². The average molecular weight is 363 g/mol. The summed E-state index contributed by atoms with van der Waals surface area (Å²) >= 11 is 6.76. The molecule has 0 aliphatic carbocycles. The minimum absolute atomic E-state index is 0.0493. The normalized spacial score (nSPS) is 13.3. The van der Waals surface area contributed by atoms with Crippen molar-refractivity contribution in [2.45, 2.75) is 33.7 Å². The van der Waals surface area contributed by atoms with Gasteiger partial charge in [-0.3, -0.25) is 4.79 Å². The third-order valence-corrected chi connectivity index (χ3v) is 3.97. The summed E-state index contributed by atoms with van der Waals surface area (Å²) in [5, 5.41) is 3.01. The number of rotatable bonds is 2. The van der Waals surface area contributed by atoms with Crippen LogP contribution in [-0.4, -0.2) is 11.9 Å². The van der Waals surface area contributed by atoms with Gasteiger partial charge in [0.1, 0.15) is 0 Å². The lowest BCUT2D eigenvalue weighted by Gasteiger charge is -2.28. The van der Waals surface area contributed by atoms with Crippen LogP contribution in [0.5, 0.6) is 0 Å².